The summed E-state index contributed by atoms with van der Waals surface area (Å²) >= 11 is 15.1. The van der Waals surface area contributed by atoms with Gasteiger partial charge >= 0.3 is 0 Å². The van der Waals surface area contributed by atoms with E-state index in [1.165, 1.54) is 27.4 Å². The molecule has 0 bridgehead atoms. The molecule has 2 heterocycles. The highest BCUT2D eigenvalue weighted by molar-refractivity contribution is 8.00. The van der Waals surface area contributed by atoms with Crippen molar-refractivity contribution in [3.05, 3.63) is 33.8 Å². The fourth-order valence-electron chi connectivity index (χ4n) is 2.91. The van der Waals surface area contributed by atoms with Gasteiger partial charge in [0.1, 0.15) is 0 Å². The number of amides is 1. The molecule has 1 fully saturated rings. The summed E-state index contributed by atoms with van der Waals surface area (Å²) in [5.41, 5.74) is 0.829. The van der Waals surface area contributed by atoms with E-state index in [0.29, 0.717) is 51.2 Å². The second-order valence-electron chi connectivity index (χ2n) is 6.43. The summed E-state index contributed by atoms with van der Waals surface area (Å²) in [6, 6.07) is 5.36. The SMILES string of the molecule is CCS(=O)(=O)N1CCC(C(=O)Nc2nnc(SCc3c(Cl)cccc3Cl)s2)CC1. The third kappa shape index (κ3) is 5.83. The van der Waals surface area contributed by atoms with E-state index in [0.717, 1.165) is 5.56 Å². The van der Waals surface area contributed by atoms with Crippen LogP contribution in [0.15, 0.2) is 22.5 Å². The number of halogens is 2. The van der Waals surface area contributed by atoms with Crippen molar-refractivity contribution in [1.29, 1.82) is 0 Å². The maximum Gasteiger partial charge on any atom is 0.229 e. The number of nitrogens with one attached hydrogen (secondary N) is 1. The molecular weight excluding hydrogens is 475 g/mol. The highest BCUT2D eigenvalue weighted by Gasteiger charge is 2.30. The Morgan fingerprint density at radius 1 is 1.28 bits per heavy atom. The summed E-state index contributed by atoms with van der Waals surface area (Å²) in [6.07, 6.45) is 0.993. The molecular formula is C17H20Cl2N4O3S3. The number of nitrogens with zero attached hydrogens (tertiary/aromatic N) is 3. The predicted octanol–water partition coefficient (Wildman–Crippen LogP) is 4.14. The molecule has 158 valence electrons. The van der Waals surface area contributed by atoms with Crippen LogP contribution in [-0.4, -0.2) is 47.7 Å². The number of anilines is 1. The van der Waals surface area contributed by atoms with Gasteiger partial charge in [0.15, 0.2) is 4.34 Å². The maximum atomic E-state index is 12.5. The quantitative estimate of drug-likeness (QED) is 0.459. The fourth-order valence-corrected chi connectivity index (χ4v) is 6.54. The first-order chi connectivity index (χ1) is 13.8. The largest absolute Gasteiger partial charge is 0.300 e. The van der Waals surface area contributed by atoms with Crippen LogP contribution in [0.3, 0.4) is 0 Å². The van der Waals surface area contributed by atoms with E-state index in [9.17, 15) is 13.2 Å². The molecule has 0 unspecified atom stereocenters. The van der Waals surface area contributed by atoms with Gasteiger partial charge in [-0.15, -0.1) is 10.2 Å². The van der Waals surface area contributed by atoms with Crippen LogP contribution in [0, 0.1) is 5.92 Å². The second kappa shape index (κ2) is 9.93. The third-order valence-electron chi connectivity index (χ3n) is 4.62. The van der Waals surface area contributed by atoms with Gasteiger partial charge in [-0.25, -0.2) is 12.7 Å². The molecule has 1 aromatic carbocycles. The lowest BCUT2D eigenvalue weighted by atomic mass is 9.97. The molecule has 1 N–H and O–H groups in total. The number of rotatable bonds is 7. The lowest BCUT2D eigenvalue weighted by Gasteiger charge is -2.29. The second-order valence-corrected chi connectivity index (χ2v) is 11.7. The number of aromatic nitrogens is 2. The Morgan fingerprint density at radius 2 is 1.93 bits per heavy atom. The van der Waals surface area contributed by atoms with Crippen molar-refractivity contribution in [2.75, 3.05) is 24.2 Å². The minimum absolute atomic E-state index is 0.0779. The Labute approximate surface area is 188 Å². The van der Waals surface area contributed by atoms with Crippen LogP contribution >= 0.6 is 46.3 Å². The van der Waals surface area contributed by atoms with E-state index in [1.54, 1.807) is 25.1 Å². The number of hydrogen-bond acceptors (Lipinski definition) is 7. The first-order valence-electron chi connectivity index (χ1n) is 8.98. The molecule has 0 aliphatic carbocycles. The predicted molar refractivity (Wildman–Crippen MR) is 118 cm³/mol. The third-order valence-corrected chi connectivity index (χ3v) is 9.21. The Kier molecular flexibility index (Phi) is 7.80. The number of thioether (sulfide) groups is 1. The van der Waals surface area contributed by atoms with E-state index < -0.39 is 10.0 Å². The molecule has 1 aromatic heterocycles. The normalized spacial score (nSPS) is 16.1. The molecule has 3 rings (SSSR count). The lowest BCUT2D eigenvalue weighted by Crippen LogP contribution is -2.42. The summed E-state index contributed by atoms with van der Waals surface area (Å²) in [6.45, 7) is 2.35. The summed E-state index contributed by atoms with van der Waals surface area (Å²) in [5.74, 6) is 0.237. The van der Waals surface area contributed by atoms with Crippen LogP contribution in [0.25, 0.3) is 0 Å². The number of benzene rings is 1. The summed E-state index contributed by atoms with van der Waals surface area (Å²) in [7, 11) is -3.20. The Bertz CT molecular complexity index is 956. The summed E-state index contributed by atoms with van der Waals surface area (Å²) < 4.78 is 26.0. The molecule has 0 radical (unpaired) electrons. The van der Waals surface area contributed by atoms with Gasteiger partial charge < -0.3 is 5.32 Å². The topological polar surface area (TPSA) is 92.3 Å². The monoisotopic (exact) mass is 494 g/mol. The Balaban J connectivity index is 1.52. The van der Waals surface area contributed by atoms with Crippen molar-refractivity contribution in [2.24, 2.45) is 5.92 Å². The zero-order valence-electron chi connectivity index (χ0n) is 15.6. The van der Waals surface area contributed by atoms with Gasteiger partial charge in [-0.05, 0) is 37.5 Å². The average Bonchev–Trinajstić information content (AvgIpc) is 3.15. The molecule has 0 spiro atoms. The van der Waals surface area contributed by atoms with Gasteiger partial charge in [0, 0.05) is 34.8 Å². The number of hydrogen-bond donors (Lipinski definition) is 1. The first-order valence-corrected chi connectivity index (χ1v) is 13.1. The molecule has 1 aliphatic rings. The Morgan fingerprint density at radius 3 is 2.55 bits per heavy atom. The van der Waals surface area contributed by atoms with Gasteiger partial charge in [-0.2, -0.15) is 0 Å². The van der Waals surface area contributed by atoms with Gasteiger partial charge in [-0.1, -0.05) is 52.4 Å². The number of sulfonamides is 1. The molecule has 12 heteroatoms. The van der Waals surface area contributed by atoms with E-state index in [4.69, 9.17) is 23.2 Å². The van der Waals surface area contributed by atoms with Crippen molar-refractivity contribution >= 4 is 67.4 Å². The maximum absolute atomic E-state index is 12.5. The van der Waals surface area contributed by atoms with Crippen molar-refractivity contribution in [2.45, 2.75) is 29.9 Å². The minimum atomic E-state index is -3.20. The van der Waals surface area contributed by atoms with Crippen LogP contribution in [0.2, 0.25) is 10.0 Å². The van der Waals surface area contributed by atoms with Gasteiger partial charge in [0.25, 0.3) is 0 Å². The smallest absolute Gasteiger partial charge is 0.229 e. The average molecular weight is 495 g/mol. The molecule has 0 saturated carbocycles. The summed E-state index contributed by atoms with van der Waals surface area (Å²) in [5, 5.41) is 12.5. The van der Waals surface area contributed by atoms with Crippen molar-refractivity contribution in [1.82, 2.24) is 14.5 Å². The standard InChI is InChI=1S/C17H20Cl2N4O3S3/c1-2-29(25,26)23-8-6-11(7-9-23)15(24)20-16-21-22-17(28-16)27-10-12-13(18)4-3-5-14(12)19/h3-5,11H,2,6-10H2,1H3,(H,20,21,24). The van der Waals surface area contributed by atoms with Crippen LogP contribution < -0.4 is 5.32 Å². The highest BCUT2D eigenvalue weighted by Crippen LogP contribution is 2.34. The van der Waals surface area contributed by atoms with Crippen LogP contribution in [-0.2, 0) is 20.6 Å². The molecule has 29 heavy (non-hydrogen) atoms. The minimum Gasteiger partial charge on any atom is -0.300 e. The molecule has 7 nitrogen and oxygen atoms in total. The molecule has 1 amide bonds. The van der Waals surface area contributed by atoms with Crippen molar-refractivity contribution < 1.29 is 13.2 Å². The highest BCUT2D eigenvalue weighted by atomic mass is 35.5. The first kappa shape index (κ1) is 22.8. The van der Waals surface area contributed by atoms with Crippen LogP contribution in [0.4, 0.5) is 5.13 Å². The molecule has 2 aromatic rings. The van der Waals surface area contributed by atoms with E-state index >= 15 is 0 Å². The summed E-state index contributed by atoms with van der Waals surface area (Å²) in [4.78, 5) is 12.5. The molecule has 1 aliphatic heterocycles. The van der Waals surface area contributed by atoms with E-state index in [1.807, 2.05) is 0 Å². The molecule has 1 saturated heterocycles. The van der Waals surface area contributed by atoms with Crippen molar-refractivity contribution in [3.63, 3.8) is 0 Å². The zero-order valence-corrected chi connectivity index (χ0v) is 19.6. The van der Waals surface area contributed by atoms with Gasteiger partial charge in [0.05, 0.1) is 5.75 Å². The lowest BCUT2D eigenvalue weighted by molar-refractivity contribution is -0.120. The molecule has 0 atom stereocenters. The van der Waals surface area contributed by atoms with Crippen LogP contribution in [0.5, 0.6) is 0 Å². The number of piperidine rings is 1. The fraction of sp³-hybridized carbons (Fsp3) is 0.471. The Hall–Kier alpha value is -0.910. The van der Waals surface area contributed by atoms with Crippen LogP contribution in [0.1, 0.15) is 25.3 Å². The number of carbonyl (C=O) groups excluding carboxylic acids is 1. The van der Waals surface area contributed by atoms with Crippen molar-refractivity contribution in [3.8, 4) is 0 Å². The number of carbonyl (C=O) groups is 1. The van der Waals surface area contributed by atoms with E-state index in [-0.39, 0.29) is 17.6 Å². The van der Waals surface area contributed by atoms with Gasteiger partial charge in [-0.3, -0.25) is 4.79 Å². The van der Waals surface area contributed by atoms with Gasteiger partial charge in [0.2, 0.25) is 21.1 Å². The van der Waals surface area contributed by atoms with E-state index in [2.05, 4.69) is 15.5 Å². The zero-order chi connectivity index (χ0) is 21.0.